The number of hydrogen-bond donors (Lipinski definition) is 0. The Hall–Kier alpha value is 0.387. The van der Waals surface area contributed by atoms with Crippen molar-refractivity contribution in [3.05, 3.63) is 0 Å². The van der Waals surface area contributed by atoms with Gasteiger partial charge in [0.15, 0.2) is 0 Å². The van der Waals surface area contributed by atoms with E-state index in [9.17, 15) is 0 Å². The molecule has 0 aliphatic heterocycles. The van der Waals surface area contributed by atoms with Crippen molar-refractivity contribution in [3.63, 3.8) is 0 Å². The molecule has 0 aliphatic carbocycles. The standard InChI is InChI=1S/C5H13ClO3Si/c1-4-9-5-10(6,7-2)8-3/h4-5H2,1-3H3. The van der Waals surface area contributed by atoms with Crippen LogP contribution in [0.2, 0.25) is 0 Å². The van der Waals surface area contributed by atoms with Crippen molar-refractivity contribution < 1.29 is 13.6 Å². The van der Waals surface area contributed by atoms with Gasteiger partial charge in [0, 0.05) is 20.8 Å². The molecule has 0 saturated carbocycles. The van der Waals surface area contributed by atoms with Crippen LogP contribution in [0.3, 0.4) is 0 Å². The maximum atomic E-state index is 5.86. The normalized spacial score (nSPS) is 12.0. The molecule has 0 aromatic rings. The van der Waals surface area contributed by atoms with Crippen LogP contribution in [0.15, 0.2) is 0 Å². The minimum atomic E-state index is -2.47. The van der Waals surface area contributed by atoms with Crippen molar-refractivity contribution in [3.8, 4) is 0 Å². The zero-order valence-corrected chi connectivity index (χ0v) is 8.27. The summed E-state index contributed by atoms with van der Waals surface area (Å²) in [6.45, 7) is 2.53. The Bertz CT molecular complexity index is 87.0. The summed E-state index contributed by atoms with van der Waals surface area (Å²) in [6.07, 6.45) is 0.373. The van der Waals surface area contributed by atoms with E-state index < -0.39 is 7.87 Å². The smallest absolute Gasteiger partial charge is 0.385 e. The van der Waals surface area contributed by atoms with Gasteiger partial charge in [-0.2, -0.15) is 0 Å². The van der Waals surface area contributed by atoms with Gasteiger partial charge in [-0.3, -0.25) is 0 Å². The molecule has 0 atom stereocenters. The molecule has 0 aliphatic rings. The van der Waals surface area contributed by atoms with Gasteiger partial charge in [-0.25, -0.2) is 0 Å². The number of ether oxygens (including phenoxy) is 1. The third-order valence-electron chi connectivity index (χ3n) is 1.09. The molecular formula is C5H13ClO3Si. The van der Waals surface area contributed by atoms with Crippen LogP contribution in [0.1, 0.15) is 6.92 Å². The highest BCUT2D eigenvalue weighted by molar-refractivity contribution is 7.12. The third kappa shape index (κ3) is 3.53. The number of halogens is 1. The Balaban J connectivity index is 3.58. The van der Waals surface area contributed by atoms with E-state index in [1.54, 1.807) is 0 Å². The number of rotatable bonds is 5. The average Bonchev–Trinajstić information content (AvgIpc) is 2.00. The van der Waals surface area contributed by atoms with E-state index in [1.165, 1.54) is 14.2 Å². The highest BCUT2D eigenvalue weighted by Gasteiger charge is 2.33. The van der Waals surface area contributed by atoms with Crippen molar-refractivity contribution in [2.24, 2.45) is 0 Å². The summed E-state index contributed by atoms with van der Waals surface area (Å²) in [5.74, 6) is 0. The lowest BCUT2D eigenvalue weighted by molar-refractivity contribution is 0.144. The van der Waals surface area contributed by atoms with Crippen LogP contribution in [0.25, 0.3) is 0 Å². The first kappa shape index (κ1) is 10.4. The summed E-state index contributed by atoms with van der Waals surface area (Å²) < 4.78 is 15.0. The molecule has 0 unspecified atom stereocenters. The van der Waals surface area contributed by atoms with Crippen molar-refractivity contribution in [1.29, 1.82) is 0 Å². The van der Waals surface area contributed by atoms with Gasteiger partial charge in [-0.05, 0) is 6.92 Å². The monoisotopic (exact) mass is 184 g/mol. The maximum Gasteiger partial charge on any atom is 0.469 e. The van der Waals surface area contributed by atoms with Crippen LogP contribution in [0.4, 0.5) is 0 Å². The Labute approximate surface area is 67.2 Å². The molecule has 0 radical (unpaired) electrons. The topological polar surface area (TPSA) is 27.7 Å². The van der Waals surface area contributed by atoms with Gasteiger partial charge in [0.05, 0.1) is 0 Å². The molecule has 0 spiro atoms. The van der Waals surface area contributed by atoms with Crippen LogP contribution in [-0.4, -0.2) is 34.9 Å². The summed E-state index contributed by atoms with van der Waals surface area (Å²) in [7, 11) is 0.591. The van der Waals surface area contributed by atoms with Gasteiger partial charge in [0.2, 0.25) is 0 Å². The van der Waals surface area contributed by atoms with Crippen molar-refractivity contribution in [1.82, 2.24) is 0 Å². The summed E-state index contributed by atoms with van der Waals surface area (Å²) in [5, 5.41) is 0. The molecule has 0 amide bonds. The fourth-order valence-corrected chi connectivity index (χ4v) is 1.51. The largest absolute Gasteiger partial charge is 0.469 e. The first-order chi connectivity index (χ1) is 4.68. The second-order valence-corrected chi connectivity index (χ2v) is 5.86. The van der Waals surface area contributed by atoms with Crippen molar-refractivity contribution in [2.45, 2.75) is 6.92 Å². The molecular weight excluding hydrogens is 172 g/mol. The van der Waals surface area contributed by atoms with Crippen LogP contribution in [0.5, 0.6) is 0 Å². The van der Waals surface area contributed by atoms with E-state index in [4.69, 9.17) is 24.7 Å². The average molecular weight is 185 g/mol. The predicted molar refractivity (Wildman–Crippen MR) is 42.1 cm³/mol. The summed E-state index contributed by atoms with van der Waals surface area (Å²) in [4.78, 5) is 0. The number of hydrogen-bond acceptors (Lipinski definition) is 3. The second-order valence-electron chi connectivity index (χ2n) is 1.71. The Morgan fingerprint density at radius 1 is 1.30 bits per heavy atom. The van der Waals surface area contributed by atoms with Crippen LogP contribution >= 0.6 is 11.1 Å². The molecule has 62 valence electrons. The maximum absolute atomic E-state index is 5.86. The van der Waals surface area contributed by atoms with Crippen LogP contribution < -0.4 is 0 Å². The molecule has 0 aromatic heterocycles. The third-order valence-corrected chi connectivity index (χ3v) is 4.11. The Kier molecular flexibility index (Phi) is 5.29. The molecule has 0 N–H and O–H groups in total. The molecule has 3 nitrogen and oxygen atoms in total. The lowest BCUT2D eigenvalue weighted by atomic mass is 10.9. The van der Waals surface area contributed by atoms with Gasteiger partial charge < -0.3 is 13.6 Å². The lowest BCUT2D eigenvalue weighted by Crippen LogP contribution is -2.39. The van der Waals surface area contributed by atoms with E-state index in [2.05, 4.69) is 0 Å². The molecule has 0 heterocycles. The molecule has 0 saturated heterocycles. The molecule has 0 fully saturated rings. The molecule has 0 aromatic carbocycles. The fourth-order valence-electron chi connectivity index (χ4n) is 0.425. The van der Waals surface area contributed by atoms with E-state index in [0.29, 0.717) is 12.8 Å². The Morgan fingerprint density at radius 3 is 2.10 bits per heavy atom. The van der Waals surface area contributed by atoms with Crippen LogP contribution in [0, 0.1) is 0 Å². The first-order valence-corrected chi connectivity index (χ1v) is 6.09. The van der Waals surface area contributed by atoms with Gasteiger partial charge in [-0.1, -0.05) is 11.1 Å². The summed E-state index contributed by atoms with van der Waals surface area (Å²) >= 11 is 5.86. The van der Waals surface area contributed by atoms with Gasteiger partial charge >= 0.3 is 7.87 Å². The highest BCUT2D eigenvalue weighted by atomic mass is 35.6. The van der Waals surface area contributed by atoms with E-state index in [1.807, 2.05) is 6.92 Å². The summed E-state index contributed by atoms with van der Waals surface area (Å²) in [5.41, 5.74) is 0. The first-order valence-electron chi connectivity index (χ1n) is 3.05. The van der Waals surface area contributed by atoms with E-state index >= 15 is 0 Å². The van der Waals surface area contributed by atoms with E-state index in [-0.39, 0.29) is 0 Å². The Morgan fingerprint density at radius 2 is 1.80 bits per heavy atom. The van der Waals surface area contributed by atoms with Gasteiger partial charge in [-0.15, -0.1) is 0 Å². The molecule has 0 bridgehead atoms. The molecule has 10 heavy (non-hydrogen) atoms. The van der Waals surface area contributed by atoms with Gasteiger partial charge in [0.25, 0.3) is 0 Å². The fraction of sp³-hybridized carbons (Fsp3) is 1.00. The lowest BCUT2D eigenvalue weighted by Gasteiger charge is -2.18. The van der Waals surface area contributed by atoms with Crippen LogP contribution in [-0.2, 0) is 13.6 Å². The van der Waals surface area contributed by atoms with Crippen molar-refractivity contribution >= 4 is 18.9 Å². The van der Waals surface area contributed by atoms with E-state index in [0.717, 1.165) is 0 Å². The minimum Gasteiger partial charge on any atom is -0.385 e. The summed E-state index contributed by atoms with van der Waals surface area (Å²) in [6, 6.07) is 0. The van der Waals surface area contributed by atoms with Gasteiger partial charge in [0.1, 0.15) is 6.23 Å². The highest BCUT2D eigenvalue weighted by Crippen LogP contribution is 2.10. The molecule has 0 rings (SSSR count). The zero-order chi connectivity index (χ0) is 8.04. The van der Waals surface area contributed by atoms with Crippen molar-refractivity contribution in [2.75, 3.05) is 27.1 Å². The second kappa shape index (κ2) is 5.09. The zero-order valence-electron chi connectivity index (χ0n) is 6.52. The SMILES string of the molecule is CCOC[Si](Cl)(OC)OC. The predicted octanol–water partition coefficient (Wildman–Crippen LogP) is 1.03. The quantitative estimate of drug-likeness (QED) is 0.472. The molecule has 5 heteroatoms. The minimum absolute atomic E-state index is 0.373.